The number of nitrogens with one attached hydrogen (secondary N) is 2. The van der Waals surface area contributed by atoms with E-state index in [0.717, 1.165) is 0 Å². The SMILES string of the molecule is C.C=O.CC(C)N(CC(=O)O)CP(=O)(O)O.CC(C)NCC(=O)O.CC(C)NCC(=O)[O-].[Na+]. The van der Waals surface area contributed by atoms with Crippen molar-refractivity contribution in [2.45, 2.75) is 67.1 Å². The van der Waals surface area contributed by atoms with Crippen LogP contribution in [0.15, 0.2) is 0 Å². The summed E-state index contributed by atoms with van der Waals surface area (Å²) >= 11 is 0. The molecule has 0 bridgehead atoms. The van der Waals surface area contributed by atoms with Crippen molar-refractivity contribution in [2.24, 2.45) is 0 Å². The van der Waals surface area contributed by atoms with Crippen LogP contribution in [0.25, 0.3) is 0 Å². The average molecular weight is 514 g/mol. The molecule has 0 amide bonds. The van der Waals surface area contributed by atoms with Crippen LogP contribution in [0.2, 0.25) is 0 Å². The van der Waals surface area contributed by atoms with Crippen molar-refractivity contribution >= 4 is 32.3 Å². The van der Waals surface area contributed by atoms with Gasteiger partial charge in [-0.05, 0) is 13.8 Å². The largest absolute Gasteiger partial charge is 1.00 e. The van der Waals surface area contributed by atoms with Gasteiger partial charge in [-0.2, -0.15) is 0 Å². The van der Waals surface area contributed by atoms with Crippen LogP contribution in [-0.4, -0.2) is 93.6 Å². The van der Waals surface area contributed by atoms with E-state index in [-0.39, 0.29) is 74.7 Å². The first-order valence-corrected chi connectivity index (χ1v) is 10.9. The number of carbonyl (C=O) groups is 4. The van der Waals surface area contributed by atoms with Gasteiger partial charge in [0.25, 0.3) is 0 Å². The molecule has 0 aromatic heterocycles. The quantitative estimate of drug-likeness (QED) is 0.115. The Morgan fingerprint density at radius 1 is 0.909 bits per heavy atom. The summed E-state index contributed by atoms with van der Waals surface area (Å²) in [4.78, 5) is 56.3. The molecule has 0 unspecified atom stereocenters. The molecule has 0 spiro atoms. The smallest absolute Gasteiger partial charge is 0.549 e. The van der Waals surface area contributed by atoms with Crippen LogP contribution in [0, 0.1) is 0 Å². The Bertz CT molecular complexity index is 524. The maximum Gasteiger partial charge on any atom is 1.00 e. The summed E-state index contributed by atoms with van der Waals surface area (Å²) in [6.07, 6.45) is -0.517. The minimum Gasteiger partial charge on any atom is -0.549 e. The zero-order valence-electron chi connectivity index (χ0n) is 19.9. The third-order valence-electron chi connectivity index (χ3n) is 2.75. The van der Waals surface area contributed by atoms with Crippen molar-refractivity contribution in [1.82, 2.24) is 15.5 Å². The zero-order valence-corrected chi connectivity index (χ0v) is 22.8. The molecule has 0 saturated heterocycles. The van der Waals surface area contributed by atoms with Crippen LogP contribution >= 0.6 is 7.60 Å². The van der Waals surface area contributed by atoms with E-state index in [2.05, 4.69) is 10.6 Å². The molecule has 13 nitrogen and oxygen atoms in total. The Morgan fingerprint density at radius 2 is 1.27 bits per heavy atom. The van der Waals surface area contributed by atoms with Gasteiger partial charge in [0, 0.05) is 24.7 Å². The second-order valence-electron chi connectivity index (χ2n) is 6.88. The molecule has 6 N–H and O–H groups in total. The van der Waals surface area contributed by atoms with E-state index in [1.165, 1.54) is 4.90 Å². The molecule has 0 heterocycles. The Morgan fingerprint density at radius 3 is 1.42 bits per heavy atom. The molecule has 0 radical (unpaired) electrons. The van der Waals surface area contributed by atoms with Gasteiger partial charge in [-0.15, -0.1) is 0 Å². The molecule has 0 fully saturated rings. The summed E-state index contributed by atoms with van der Waals surface area (Å²) < 4.78 is 10.6. The van der Waals surface area contributed by atoms with E-state index < -0.39 is 31.8 Å². The summed E-state index contributed by atoms with van der Waals surface area (Å²) in [7, 11) is -4.17. The number of hydrogen-bond acceptors (Lipinski definition) is 9. The van der Waals surface area contributed by atoms with E-state index in [9.17, 15) is 24.1 Å². The molecule has 0 rings (SSSR count). The summed E-state index contributed by atoms with van der Waals surface area (Å²) in [6, 6.07) is 0.266. The van der Waals surface area contributed by atoms with Crippen molar-refractivity contribution in [3.05, 3.63) is 0 Å². The number of rotatable bonds is 11. The Labute approximate surface area is 218 Å². The predicted octanol–water partition coefficient (Wildman–Crippen LogP) is -3.82. The van der Waals surface area contributed by atoms with Gasteiger partial charge in [0.2, 0.25) is 0 Å². The van der Waals surface area contributed by atoms with Crippen molar-refractivity contribution < 1.29 is 78.4 Å². The maximum atomic E-state index is 10.6. The zero-order chi connectivity index (χ0) is 25.8. The molecule has 0 atom stereocenters. The van der Waals surface area contributed by atoms with E-state index in [1.807, 2.05) is 34.5 Å². The number of carboxylic acids is 3. The van der Waals surface area contributed by atoms with E-state index in [4.69, 9.17) is 24.8 Å². The number of hydrogen-bond donors (Lipinski definition) is 6. The minimum atomic E-state index is -4.17. The normalized spacial score (nSPS) is 9.82. The van der Waals surface area contributed by atoms with Gasteiger partial charge >= 0.3 is 49.1 Å². The van der Waals surface area contributed by atoms with E-state index >= 15 is 0 Å². The molecule has 0 saturated carbocycles. The fourth-order valence-corrected chi connectivity index (χ4v) is 2.28. The van der Waals surface area contributed by atoms with Gasteiger partial charge in [0.05, 0.1) is 19.1 Å². The third kappa shape index (κ3) is 53.9. The average Bonchev–Trinajstić information content (AvgIpc) is 2.59. The van der Waals surface area contributed by atoms with E-state index in [0.29, 0.717) is 0 Å². The topological polar surface area (TPSA) is 217 Å². The van der Waals surface area contributed by atoms with Crippen molar-refractivity contribution in [3.8, 4) is 0 Å². The molecule has 0 aliphatic rings. The minimum absolute atomic E-state index is 0. The number of nitrogens with zero attached hydrogens (tertiary/aromatic N) is 1. The van der Waals surface area contributed by atoms with Crippen molar-refractivity contribution in [2.75, 3.05) is 25.9 Å². The monoisotopic (exact) mass is 513 g/mol. The first kappa shape index (κ1) is 45.6. The van der Waals surface area contributed by atoms with Gasteiger partial charge in [-0.25, -0.2) is 0 Å². The molecular weight excluding hydrogens is 472 g/mol. The van der Waals surface area contributed by atoms with Gasteiger partial charge in [-0.3, -0.25) is 19.1 Å². The molecule has 194 valence electrons. The number of carbonyl (C=O) groups excluding carboxylic acids is 2. The second kappa shape index (κ2) is 27.4. The van der Waals surface area contributed by atoms with Crippen molar-refractivity contribution in [3.63, 3.8) is 0 Å². The van der Waals surface area contributed by atoms with Crippen LogP contribution in [0.5, 0.6) is 0 Å². The van der Waals surface area contributed by atoms with Crippen LogP contribution < -0.4 is 45.3 Å². The molecule has 15 heteroatoms. The summed E-state index contributed by atoms with van der Waals surface area (Å²) in [5.74, 6) is -2.96. The predicted molar refractivity (Wildman–Crippen MR) is 119 cm³/mol. The van der Waals surface area contributed by atoms with Gasteiger partial charge < -0.3 is 45.3 Å². The summed E-state index contributed by atoms with van der Waals surface area (Å²) in [5, 5.41) is 31.7. The molecule has 0 aliphatic carbocycles. The molecule has 0 aromatic rings. The molecule has 0 aliphatic heterocycles. The van der Waals surface area contributed by atoms with Crippen LogP contribution in [0.3, 0.4) is 0 Å². The van der Waals surface area contributed by atoms with Gasteiger partial charge in [0.15, 0.2) is 0 Å². The van der Waals surface area contributed by atoms with Gasteiger partial charge in [0.1, 0.15) is 13.1 Å². The Kier molecular flexibility index (Phi) is 37.8. The van der Waals surface area contributed by atoms with Crippen LogP contribution in [0.1, 0.15) is 49.0 Å². The fourth-order valence-electron chi connectivity index (χ4n) is 1.39. The first-order valence-electron chi connectivity index (χ1n) is 9.15. The molecule has 33 heavy (non-hydrogen) atoms. The third-order valence-corrected chi connectivity index (χ3v) is 3.48. The van der Waals surface area contributed by atoms with E-state index in [1.54, 1.807) is 13.8 Å². The Balaban J connectivity index is -0.0000000805. The standard InChI is InChI=1S/C6H14NO5P.2C5H11NO2.CH2O.CH4.Na/c1-5(2)7(3-6(8)9)4-13(10,11)12;2*1-4(2)6-3-5(7)8;1-2;;/h5H,3-4H2,1-2H3,(H,8,9)(H2,10,11,12);2*4,6H,3H2,1-2H3,(H,7,8);1H2;1H4;/q;;;;;+1/p-1. The fraction of sp³-hybridized carbons (Fsp3) is 0.778. The molecule has 0 aromatic carbocycles. The number of carboxylic acid groups (broad SMARTS) is 3. The molecular formula is C18H41N3NaO10P. The van der Waals surface area contributed by atoms with Crippen LogP contribution in [-0.2, 0) is 23.7 Å². The van der Waals surface area contributed by atoms with Crippen molar-refractivity contribution in [1.29, 1.82) is 0 Å². The number of aliphatic carboxylic acids is 3. The summed E-state index contributed by atoms with van der Waals surface area (Å²) in [5.41, 5.74) is 0. The van der Waals surface area contributed by atoms with Gasteiger partial charge in [-0.1, -0.05) is 35.1 Å². The van der Waals surface area contributed by atoms with Crippen LogP contribution in [0.4, 0.5) is 0 Å². The Hall–Kier alpha value is -0.890. The maximum absolute atomic E-state index is 10.6. The second-order valence-corrected chi connectivity index (χ2v) is 8.49. The first-order chi connectivity index (χ1) is 14.0. The summed E-state index contributed by atoms with van der Waals surface area (Å²) in [6.45, 7) is 12.6.